The Labute approximate surface area is 213 Å². The van der Waals surface area contributed by atoms with Crippen molar-refractivity contribution in [1.29, 1.82) is 0 Å². The number of hydrogen-bond acceptors (Lipinski definition) is 2. The van der Waals surface area contributed by atoms with Crippen molar-refractivity contribution in [2.45, 2.75) is 32.4 Å². The molecule has 1 atom stereocenters. The van der Waals surface area contributed by atoms with E-state index in [4.69, 9.17) is 34.8 Å². The van der Waals surface area contributed by atoms with Crippen molar-refractivity contribution in [3.8, 4) is 0 Å². The van der Waals surface area contributed by atoms with Crippen molar-refractivity contribution in [1.82, 2.24) is 10.2 Å². The number of likely N-dealkylation sites (N-methyl/N-ethyl adjacent to an activating group) is 1. The van der Waals surface area contributed by atoms with E-state index in [1.807, 2.05) is 30.3 Å². The van der Waals surface area contributed by atoms with Crippen molar-refractivity contribution >= 4 is 46.6 Å². The number of rotatable bonds is 9. The van der Waals surface area contributed by atoms with Crippen LogP contribution in [0.4, 0.5) is 4.39 Å². The summed E-state index contributed by atoms with van der Waals surface area (Å²) in [6.07, 6.45) is -0.0317. The van der Waals surface area contributed by atoms with Gasteiger partial charge in [0.05, 0.1) is 6.42 Å². The lowest BCUT2D eigenvalue weighted by molar-refractivity contribution is -0.140. The summed E-state index contributed by atoms with van der Waals surface area (Å²) in [6, 6.07) is 17.7. The fraction of sp³-hybridized carbons (Fsp3) is 0.231. The molecule has 3 aromatic carbocycles. The molecule has 34 heavy (non-hydrogen) atoms. The van der Waals surface area contributed by atoms with E-state index in [2.05, 4.69) is 5.32 Å². The summed E-state index contributed by atoms with van der Waals surface area (Å²) >= 11 is 18.6. The Kier molecular flexibility index (Phi) is 9.34. The molecular weight excluding hydrogens is 498 g/mol. The summed E-state index contributed by atoms with van der Waals surface area (Å²) in [4.78, 5) is 28.2. The van der Waals surface area contributed by atoms with Crippen LogP contribution in [-0.2, 0) is 29.0 Å². The Morgan fingerprint density at radius 3 is 2.35 bits per heavy atom. The van der Waals surface area contributed by atoms with E-state index < -0.39 is 17.8 Å². The second kappa shape index (κ2) is 12.2. The van der Waals surface area contributed by atoms with Crippen molar-refractivity contribution in [3.05, 3.63) is 104 Å². The van der Waals surface area contributed by atoms with Gasteiger partial charge in [0.25, 0.3) is 0 Å². The topological polar surface area (TPSA) is 49.4 Å². The highest BCUT2D eigenvalue weighted by Gasteiger charge is 2.31. The lowest BCUT2D eigenvalue weighted by Gasteiger charge is -2.32. The van der Waals surface area contributed by atoms with Crippen LogP contribution in [0.2, 0.25) is 15.1 Å². The molecule has 0 aliphatic carbocycles. The molecule has 0 bridgehead atoms. The lowest BCUT2D eigenvalue weighted by atomic mass is 10.0. The summed E-state index contributed by atoms with van der Waals surface area (Å²) in [5, 5.41) is 3.78. The first kappa shape index (κ1) is 26.0. The number of hydrogen-bond donors (Lipinski definition) is 1. The largest absolute Gasteiger partial charge is 0.355 e. The minimum absolute atomic E-state index is 0.0372. The van der Waals surface area contributed by atoms with Crippen LogP contribution >= 0.6 is 34.8 Å². The summed E-state index contributed by atoms with van der Waals surface area (Å²) in [7, 11) is 0. The molecular formula is C26H24Cl3FN2O2. The molecule has 2 amide bonds. The molecule has 0 fully saturated rings. The Morgan fingerprint density at radius 2 is 1.71 bits per heavy atom. The first-order valence-corrected chi connectivity index (χ1v) is 11.9. The normalized spacial score (nSPS) is 11.7. The van der Waals surface area contributed by atoms with Crippen LogP contribution in [0.5, 0.6) is 0 Å². The van der Waals surface area contributed by atoms with Gasteiger partial charge in [-0.15, -0.1) is 0 Å². The average Bonchev–Trinajstić information content (AvgIpc) is 2.80. The zero-order chi connectivity index (χ0) is 24.7. The van der Waals surface area contributed by atoms with Gasteiger partial charge >= 0.3 is 0 Å². The Morgan fingerprint density at radius 1 is 0.971 bits per heavy atom. The van der Waals surface area contributed by atoms with Gasteiger partial charge in [-0.05, 0) is 42.3 Å². The molecule has 0 radical (unpaired) electrons. The molecule has 3 rings (SSSR count). The highest BCUT2D eigenvalue weighted by Crippen LogP contribution is 2.26. The summed E-state index contributed by atoms with van der Waals surface area (Å²) in [6.45, 7) is 2.24. The predicted molar refractivity (Wildman–Crippen MR) is 135 cm³/mol. The summed E-state index contributed by atoms with van der Waals surface area (Å²) in [5.41, 5.74) is 1.57. The molecule has 0 aromatic heterocycles. The van der Waals surface area contributed by atoms with Crippen LogP contribution in [0.1, 0.15) is 23.6 Å². The van der Waals surface area contributed by atoms with Gasteiger partial charge in [0.15, 0.2) is 0 Å². The lowest BCUT2D eigenvalue weighted by Crippen LogP contribution is -2.51. The van der Waals surface area contributed by atoms with Gasteiger partial charge in [0.1, 0.15) is 11.9 Å². The molecule has 178 valence electrons. The van der Waals surface area contributed by atoms with E-state index >= 15 is 0 Å². The molecule has 0 heterocycles. The third-order valence-corrected chi connectivity index (χ3v) is 6.31. The Bertz CT molecular complexity index is 1140. The van der Waals surface area contributed by atoms with Crippen LogP contribution in [-0.4, -0.2) is 29.3 Å². The summed E-state index contributed by atoms with van der Waals surface area (Å²) in [5.74, 6) is -1.35. The number of benzene rings is 3. The van der Waals surface area contributed by atoms with E-state index in [1.54, 1.807) is 25.1 Å². The molecule has 0 saturated heterocycles. The third-order valence-electron chi connectivity index (χ3n) is 5.37. The second-order valence-electron chi connectivity index (χ2n) is 7.73. The first-order chi connectivity index (χ1) is 16.3. The van der Waals surface area contributed by atoms with Gasteiger partial charge in [-0.2, -0.15) is 0 Å². The van der Waals surface area contributed by atoms with Gasteiger partial charge < -0.3 is 10.2 Å². The van der Waals surface area contributed by atoms with Gasteiger partial charge in [0, 0.05) is 40.1 Å². The predicted octanol–water partition coefficient (Wildman–Crippen LogP) is 6.10. The van der Waals surface area contributed by atoms with Gasteiger partial charge in [0.2, 0.25) is 11.8 Å². The molecule has 0 aliphatic heterocycles. The zero-order valence-electron chi connectivity index (χ0n) is 18.5. The van der Waals surface area contributed by atoms with Crippen molar-refractivity contribution in [2.24, 2.45) is 0 Å². The number of carbonyl (C=O) groups is 2. The zero-order valence-corrected chi connectivity index (χ0v) is 20.8. The first-order valence-electron chi connectivity index (χ1n) is 10.8. The molecule has 1 N–H and O–H groups in total. The maximum atomic E-state index is 14.5. The summed E-state index contributed by atoms with van der Waals surface area (Å²) < 4.78 is 14.5. The Hall–Kier alpha value is -2.60. The van der Waals surface area contributed by atoms with Crippen molar-refractivity contribution < 1.29 is 14.0 Å². The minimum atomic E-state index is -0.854. The molecule has 0 aliphatic rings. The molecule has 8 heteroatoms. The van der Waals surface area contributed by atoms with Gasteiger partial charge in [-0.3, -0.25) is 9.59 Å². The average molecular weight is 522 g/mol. The number of halogens is 4. The number of nitrogens with zero attached hydrogens (tertiary/aromatic N) is 1. The molecule has 0 saturated carbocycles. The van der Waals surface area contributed by atoms with E-state index in [-0.39, 0.29) is 35.9 Å². The maximum Gasteiger partial charge on any atom is 0.243 e. The van der Waals surface area contributed by atoms with Crippen LogP contribution in [0.15, 0.2) is 66.7 Å². The van der Waals surface area contributed by atoms with Crippen molar-refractivity contribution in [2.75, 3.05) is 6.54 Å². The van der Waals surface area contributed by atoms with Crippen molar-refractivity contribution in [3.63, 3.8) is 0 Å². The van der Waals surface area contributed by atoms with Crippen LogP contribution in [0.25, 0.3) is 0 Å². The molecule has 3 aromatic rings. The van der Waals surface area contributed by atoms with Gasteiger partial charge in [-0.1, -0.05) is 77.3 Å². The second-order valence-corrected chi connectivity index (χ2v) is 8.99. The molecule has 1 unspecified atom stereocenters. The smallest absolute Gasteiger partial charge is 0.243 e. The fourth-order valence-corrected chi connectivity index (χ4v) is 4.33. The van der Waals surface area contributed by atoms with E-state index in [9.17, 15) is 14.0 Å². The van der Waals surface area contributed by atoms with Crippen LogP contribution in [0.3, 0.4) is 0 Å². The number of amides is 2. The molecule has 4 nitrogen and oxygen atoms in total. The SMILES string of the molecule is CCNC(=O)C(Cc1ccccc1)N(Cc1ccc(Cl)cc1Cl)C(=O)Cc1c(F)cccc1Cl. The maximum absolute atomic E-state index is 14.5. The van der Waals surface area contributed by atoms with Crippen LogP contribution in [0, 0.1) is 5.82 Å². The fourth-order valence-electron chi connectivity index (χ4n) is 3.63. The van der Waals surface area contributed by atoms with Crippen LogP contribution < -0.4 is 5.32 Å². The minimum Gasteiger partial charge on any atom is -0.355 e. The highest BCUT2D eigenvalue weighted by atomic mass is 35.5. The quantitative estimate of drug-likeness (QED) is 0.370. The highest BCUT2D eigenvalue weighted by molar-refractivity contribution is 6.35. The standard InChI is InChI=1S/C26H24Cl3FN2O2/c1-2-31-26(34)24(13-17-7-4-3-5-8-17)32(16-18-11-12-19(27)14-22(18)29)25(33)15-20-21(28)9-6-10-23(20)30/h3-12,14,24H,2,13,15-16H2,1H3,(H,31,34). The number of carbonyl (C=O) groups excluding carboxylic acids is 2. The molecule has 0 spiro atoms. The van der Waals surface area contributed by atoms with E-state index in [0.29, 0.717) is 22.2 Å². The monoisotopic (exact) mass is 520 g/mol. The third kappa shape index (κ3) is 6.72. The Balaban J connectivity index is 2.02. The van der Waals surface area contributed by atoms with E-state index in [0.717, 1.165) is 5.56 Å². The number of nitrogens with one attached hydrogen (secondary N) is 1. The van der Waals surface area contributed by atoms with Gasteiger partial charge in [-0.25, -0.2) is 4.39 Å². The van der Waals surface area contributed by atoms with E-state index in [1.165, 1.54) is 23.1 Å².